The number of pyridine rings is 2. The molecular formula is C25H28N4O3. The van der Waals surface area contributed by atoms with Crippen LogP contribution in [-0.2, 0) is 15.9 Å². The monoisotopic (exact) mass is 432 g/mol. The van der Waals surface area contributed by atoms with E-state index in [1.165, 1.54) is 5.56 Å². The van der Waals surface area contributed by atoms with Gasteiger partial charge < -0.3 is 19.3 Å². The molecule has 0 saturated carbocycles. The fourth-order valence-electron chi connectivity index (χ4n) is 4.45. The molecule has 5 rings (SSSR count). The zero-order valence-electron chi connectivity index (χ0n) is 18.2. The molecule has 4 heterocycles. The number of benzene rings is 1. The van der Waals surface area contributed by atoms with Crippen molar-refractivity contribution in [3.8, 4) is 0 Å². The van der Waals surface area contributed by atoms with E-state index in [2.05, 4.69) is 27.0 Å². The smallest absolute Gasteiger partial charge is 0.254 e. The third-order valence-corrected chi connectivity index (χ3v) is 6.12. The van der Waals surface area contributed by atoms with E-state index in [-0.39, 0.29) is 11.8 Å². The predicted molar refractivity (Wildman–Crippen MR) is 123 cm³/mol. The van der Waals surface area contributed by atoms with Crippen LogP contribution in [0.4, 0.5) is 5.82 Å². The van der Waals surface area contributed by atoms with Crippen LogP contribution in [0, 0.1) is 5.92 Å². The van der Waals surface area contributed by atoms with Gasteiger partial charge in [0.25, 0.3) is 5.91 Å². The summed E-state index contributed by atoms with van der Waals surface area (Å²) >= 11 is 0. The Bertz CT molecular complexity index is 1080. The summed E-state index contributed by atoms with van der Waals surface area (Å²) in [6.45, 7) is 5.43. The first-order valence-electron chi connectivity index (χ1n) is 11.3. The second kappa shape index (κ2) is 9.63. The van der Waals surface area contributed by atoms with E-state index in [1.807, 2.05) is 35.4 Å². The van der Waals surface area contributed by atoms with Gasteiger partial charge in [-0.05, 0) is 36.2 Å². The molecule has 166 valence electrons. The second-order valence-electron chi connectivity index (χ2n) is 8.43. The maximum atomic E-state index is 13.3. The summed E-state index contributed by atoms with van der Waals surface area (Å²) in [4.78, 5) is 26.5. The van der Waals surface area contributed by atoms with Gasteiger partial charge in [0, 0.05) is 55.4 Å². The molecule has 0 spiro atoms. The standard InChI is InChI=1S/C25H28N4O3/c30-25(22-5-6-26-24(15-22)28-7-10-31-11-8-28)29-9-12-32-18-20(17-29)13-19-14-21-3-1-2-4-23(21)27-16-19/h1-6,14-16,20H,7-13,17-18H2/t20-/m0/s1. The highest BCUT2D eigenvalue weighted by molar-refractivity contribution is 5.95. The molecule has 1 atom stereocenters. The highest BCUT2D eigenvalue weighted by atomic mass is 16.5. The topological polar surface area (TPSA) is 67.8 Å². The SMILES string of the molecule is O=C(c1ccnc(N2CCOCC2)c1)N1CCOC[C@@H](Cc2cnc3ccccc3c2)C1. The summed E-state index contributed by atoms with van der Waals surface area (Å²) in [6, 6.07) is 14.0. The number of aromatic nitrogens is 2. The summed E-state index contributed by atoms with van der Waals surface area (Å²) in [5.41, 5.74) is 2.85. The van der Waals surface area contributed by atoms with Gasteiger partial charge in [-0.1, -0.05) is 18.2 Å². The largest absolute Gasteiger partial charge is 0.379 e. The first-order chi connectivity index (χ1) is 15.8. The number of nitrogens with zero attached hydrogens (tertiary/aromatic N) is 4. The van der Waals surface area contributed by atoms with Crippen molar-refractivity contribution < 1.29 is 14.3 Å². The average molecular weight is 433 g/mol. The Labute approximate surface area is 188 Å². The third kappa shape index (κ3) is 4.74. The molecule has 7 nitrogen and oxygen atoms in total. The zero-order chi connectivity index (χ0) is 21.8. The summed E-state index contributed by atoms with van der Waals surface area (Å²) in [7, 11) is 0. The molecule has 0 unspecified atom stereocenters. The van der Waals surface area contributed by atoms with Crippen molar-refractivity contribution in [1.29, 1.82) is 0 Å². The maximum Gasteiger partial charge on any atom is 0.254 e. The summed E-state index contributed by atoms with van der Waals surface area (Å²) in [5, 5.41) is 1.14. The fourth-order valence-corrected chi connectivity index (χ4v) is 4.45. The summed E-state index contributed by atoms with van der Waals surface area (Å²) < 4.78 is 11.3. The Morgan fingerprint density at radius 1 is 1.00 bits per heavy atom. The minimum Gasteiger partial charge on any atom is -0.379 e. The van der Waals surface area contributed by atoms with E-state index >= 15 is 0 Å². The molecule has 0 radical (unpaired) electrons. The first-order valence-corrected chi connectivity index (χ1v) is 11.3. The van der Waals surface area contributed by atoms with Crippen LogP contribution in [0.2, 0.25) is 0 Å². The van der Waals surface area contributed by atoms with Gasteiger partial charge in [-0.2, -0.15) is 0 Å². The summed E-state index contributed by atoms with van der Waals surface area (Å²) in [5.74, 6) is 1.10. The minimum atomic E-state index is 0.0362. The van der Waals surface area contributed by atoms with E-state index in [4.69, 9.17) is 9.47 Å². The molecule has 2 aromatic heterocycles. The Morgan fingerprint density at radius 2 is 1.84 bits per heavy atom. The first kappa shape index (κ1) is 20.8. The normalized spacial score (nSPS) is 19.7. The van der Waals surface area contributed by atoms with Crippen molar-refractivity contribution in [2.45, 2.75) is 6.42 Å². The number of ether oxygens (including phenoxy) is 2. The Morgan fingerprint density at radius 3 is 2.75 bits per heavy atom. The Balaban J connectivity index is 1.29. The van der Waals surface area contributed by atoms with Crippen molar-refractivity contribution in [1.82, 2.24) is 14.9 Å². The van der Waals surface area contributed by atoms with Gasteiger partial charge in [0.15, 0.2) is 0 Å². The number of anilines is 1. The lowest BCUT2D eigenvalue weighted by molar-refractivity contribution is 0.0737. The van der Waals surface area contributed by atoms with E-state index in [0.29, 0.717) is 45.1 Å². The number of fused-ring (bicyclic) bond motifs is 1. The maximum absolute atomic E-state index is 13.3. The molecule has 1 aromatic carbocycles. The van der Waals surface area contributed by atoms with Crippen molar-refractivity contribution in [3.63, 3.8) is 0 Å². The quantitative estimate of drug-likeness (QED) is 0.632. The molecule has 3 aromatic rings. The van der Waals surface area contributed by atoms with Gasteiger partial charge in [0.1, 0.15) is 5.82 Å². The van der Waals surface area contributed by atoms with E-state index < -0.39 is 0 Å². The van der Waals surface area contributed by atoms with Crippen LogP contribution >= 0.6 is 0 Å². The van der Waals surface area contributed by atoms with Crippen LogP contribution in [0.5, 0.6) is 0 Å². The lowest BCUT2D eigenvalue weighted by Gasteiger charge is -2.28. The molecule has 32 heavy (non-hydrogen) atoms. The van der Waals surface area contributed by atoms with Crippen LogP contribution in [-0.4, -0.2) is 73.4 Å². The molecular weight excluding hydrogens is 404 g/mol. The zero-order valence-corrected chi connectivity index (χ0v) is 18.2. The molecule has 2 aliphatic rings. The lowest BCUT2D eigenvalue weighted by Crippen LogP contribution is -2.38. The van der Waals surface area contributed by atoms with Crippen LogP contribution in [0.1, 0.15) is 15.9 Å². The number of hydrogen-bond acceptors (Lipinski definition) is 6. The van der Waals surface area contributed by atoms with Gasteiger partial charge in [-0.15, -0.1) is 0 Å². The Hall–Kier alpha value is -3.03. The fraction of sp³-hybridized carbons (Fsp3) is 0.400. The van der Waals surface area contributed by atoms with Crippen molar-refractivity contribution >= 4 is 22.6 Å². The van der Waals surface area contributed by atoms with Crippen molar-refractivity contribution in [2.75, 3.05) is 57.5 Å². The number of amides is 1. The van der Waals surface area contributed by atoms with Crippen LogP contribution in [0.3, 0.4) is 0 Å². The molecule has 2 saturated heterocycles. The number of rotatable bonds is 4. The molecule has 0 N–H and O–H groups in total. The highest BCUT2D eigenvalue weighted by Crippen LogP contribution is 2.20. The van der Waals surface area contributed by atoms with Gasteiger partial charge in [-0.3, -0.25) is 9.78 Å². The van der Waals surface area contributed by atoms with Gasteiger partial charge >= 0.3 is 0 Å². The number of carbonyl (C=O) groups excluding carboxylic acids is 1. The van der Waals surface area contributed by atoms with Gasteiger partial charge in [0.05, 0.1) is 31.9 Å². The molecule has 0 bridgehead atoms. The third-order valence-electron chi connectivity index (χ3n) is 6.12. The average Bonchev–Trinajstić information content (AvgIpc) is 3.10. The van der Waals surface area contributed by atoms with Crippen LogP contribution < -0.4 is 4.90 Å². The number of carbonyl (C=O) groups is 1. The lowest BCUT2D eigenvalue weighted by atomic mass is 9.99. The molecule has 1 amide bonds. The predicted octanol–water partition coefficient (Wildman–Crippen LogP) is 2.80. The van der Waals surface area contributed by atoms with Crippen LogP contribution in [0.15, 0.2) is 54.9 Å². The van der Waals surface area contributed by atoms with Crippen molar-refractivity contribution in [3.05, 3.63) is 66.0 Å². The highest BCUT2D eigenvalue weighted by Gasteiger charge is 2.25. The van der Waals surface area contributed by atoms with Gasteiger partial charge in [0.2, 0.25) is 0 Å². The molecule has 0 aliphatic carbocycles. The van der Waals surface area contributed by atoms with Crippen molar-refractivity contribution in [2.24, 2.45) is 5.92 Å². The number of para-hydroxylation sites is 1. The molecule has 2 fully saturated rings. The second-order valence-corrected chi connectivity index (χ2v) is 8.43. The minimum absolute atomic E-state index is 0.0362. The molecule has 2 aliphatic heterocycles. The summed E-state index contributed by atoms with van der Waals surface area (Å²) in [6.07, 6.45) is 4.50. The van der Waals surface area contributed by atoms with E-state index in [0.717, 1.165) is 36.2 Å². The molecule has 7 heteroatoms. The Kier molecular flexibility index (Phi) is 6.27. The van der Waals surface area contributed by atoms with Gasteiger partial charge in [-0.25, -0.2) is 4.98 Å². The van der Waals surface area contributed by atoms with Crippen LogP contribution in [0.25, 0.3) is 10.9 Å². The number of hydrogen-bond donors (Lipinski definition) is 0. The number of morpholine rings is 1. The van der Waals surface area contributed by atoms with E-state index in [1.54, 1.807) is 12.3 Å². The van der Waals surface area contributed by atoms with E-state index in [9.17, 15) is 4.79 Å².